The van der Waals surface area contributed by atoms with Crippen molar-refractivity contribution in [2.45, 2.75) is 51.5 Å². The molecular weight excluding hydrogens is 256 g/mol. The first-order valence-electron chi connectivity index (χ1n) is 7.19. The van der Waals surface area contributed by atoms with Crippen LogP contribution in [0, 0.1) is 0 Å². The minimum atomic E-state index is -0.155. The van der Waals surface area contributed by atoms with Crippen molar-refractivity contribution in [3.8, 4) is 0 Å². The summed E-state index contributed by atoms with van der Waals surface area (Å²) in [7, 11) is 0. The van der Waals surface area contributed by atoms with Gasteiger partial charge in [0.1, 0.15) is 11.6 Å². The minimum absolute atomic E-state index is 0.107. The Labute approximate surface area is 118 Å². The minimum Gasteiger partial charge on any atom is -0.370 e. The van der Waals surface area contributed by atoms with Crippen molar-refractivity contribution < 1.29 is 4.79 Å². The molecule has 0 spiro atoms. The normalized spacial score (nSPS) is 14.3. The molecule has 1 aliphatic carbocycles. The van der Waals surface area contributed by atoms with Gasteiger partial charge in [0.25, 0.3) is 5.56 Å². The first kappa shape index (κ1) is 14.6. The van der Waals surface area contributed by atoms with Crippen molar-refractivity contribution in [3.63, 3.8) is 0 Å². The smallest absolute Gasteiger partial charge is 0.252 e. The van der Waals surface area contributed by atoms with Crippen molar-refractivity contribution in [3.05, 3.63) is 22.2 Å². The number of carbonyl (C=O) groups excluding carboxylic acids is 1. The zero-order chi connectivity index (χ0) is 14.5. The van der Waals surface area contributed by atoms with Gasteiger partial charge in [-0.15, -0.1) is 0 Å². The molecule has 0 unspecified atom stereocenters. The molecule has 0 saturated heterocycles. The molecule has 1 aromatic rings. The molecule has 1 saturated carbocycles. The molecule has 110 valence electrons. The number of aromatic nitrogens is 2. The highest BCUT2D eigenvalue weighted by molar-refractivity contribution is 5.76. The maximum atomic E-state index is 11.5. The number of nitrogens with zero attached hydrogens (tertiary/aromatic N) is 1. The molecule has 6 heteroatoms. The van der Waals surface area contributed by atoms with E-state index < -0.39 is 0 Å². The number of carbonyl (C=O) groups is 1. The van der Waals surface area contributed by atoms with E-state index in [0.717, 1.165) is 19.3 Å². The Kier molecular flexibility index (Phi) is 4.76. The Hall–Kier alpha value is -1.85. The van der Waals surface area contributed by atoms with E-state index in [1.54, 1.807) is 0 Å². The zero-order valence-electron chi connectivity index (χ0n) is 12.0. The second-order valence-corrected chi connectivity index (χ2v) is 5.54. The van der Waals surface area contributed by atoms with Gasteiger partial charge < -0.3 is 15.6 Å². The predicted octanol–water partition coefficient (Wildman–Crippen LogP) is 1.36. The number of hydrogen-bond donors (Lipinski definition) is 3. The largest absolute Gasteiger partial charge is 0.370 e. The Bertz CT molecular complexity index is 520. The van der Waals surface area contributed by atoms with E-state index in [2.05, 4.69) is 20.6 Å². The standard InChI is InChI=1S/C14H22N4O2/c1-9(2)14-17-11(8-13(20)18-14)15-7-3-4-12(19)16-10-5-6-10/h8-10H,3-7H2,1-2H3,(H,16,19)(H2,15,17,18,20). The van der Waals surface area contributed by atoms with Crippen LogP contribution in [-0.4, -0.2) is 28.5 Å². The molecule has 1 amide bonds. The van der Waals surface area contributed by atoms with Crippen LogP contribution in [0.5, 0.6) is 0 Å². The van der Waals surface area contributed by atoms with Gasteiger partial charge in [-0.1, -0.05) is 13.8 Å². The van der Waals surface area contributed by atoms with Gasteiger partial charge in [0.05, 0.1) is 0 Å². The van der Waals surface area contributed by atoms with Gasteiger partial charge in [0.2, 0.25) is 5.91 Å². The van der Waals surface area contributed by atoms with Crippen LogP contribution in [0.2, 0.25) is 0 Å². The highest BCUT2D eigenvalue weighted by Gasteiger charge is 2.22. The van der Waals surface area contributed by atoms with Crippen LogP contribution < -0.4 is 16.2 Å². The van der Waals surface area contributed by atoms with Crippen LogP contribution in [0.4, 0.5) is 5.82 Å². The second-order valence-electron chi connectivity index (χ2n) is 5.54. The molecule has 1 aromatic heterocycles. The third kappa shape index (κ3) is 4.68. The summed E-state index contributed by atoms with van der Waals surface area (Å²) in [4.78, 5) is 30.0. The predicted molar refractivity (Wildman–Crippen MR) is 77.8 cm³/mol. The van der Waals surface area contributed by atoms with E-state index in [0.29, 0.717) is 30.6 Å². The molecular formula is C14H22N4O2. The number of nitrogens with one attached hydrogen (secondary N) is 3. The zero-order valence-corrected chi connectivity index (χ0v) is 12.0. The summed E-state index contributed by atoms with van der Waals surface area (Å²) < 4.78 is 0. The van der Waals surface area contributed by atoms with E-state index in [4.69, 9.17) is 0 Å². The highest BCUT2D eigenvalue weighted by Crippen LogP contribution is 2.18. The lowest BCUT2D eigenvalue weighted by molar-refractivity contribution is -0.121. The van der Waals surface area contributed by atoms with E-state index >= 15 is 0 Å². The third-order valence-electron chi connectivity index (χ3n) is 3.14. The van der Waals surface area contributed by atoms with Crippen LogP contribution in [0.1, 0.15) is 51.3 Å². The summed E-state index contributed by atoms with van der Waals surface area (Å²) in [6, 6.07) is 1.86. The Morgan fingerprint density at radius 3 is 2.90 bits per heavy atom. The van der Waals surface area contributed by atoms with Crippen LogP contribution in [0.25, 0.3) is 0 Å². The van der Waals surface area contributed by atoms with Crippen molar-refractivity contribution in [2.24, 2.45) is 0 Å². The van der Waals surface area contributed by atoms with Crippen molar-refractivity contribution in [1.82, 2.24) is 15.3 Å². The average molecular weight is 278 g/mol. The number of amides is 1. The molecule has 0 radical (unpaired) electrons. The van der Waals surface area contributed by atoms with Crippen LogP contribution in [0.15, 0.2) is 10.9 Å². The van der Waals surface area contributed by atoms with Gasteiger partial charge in [-0.25, -0.2) is 4.98 Å². The quantitative estimate of drug-likeness (QED) is 0.657. The summed E-state index contributed by atoms with van der Waals surface area (Å²) in [5.41, 5.74) is -0.155. The van der Waals surface area contributed by atoms with E-state index in [-0.39, 0.29) is 17.4 Å². The molecule has 20 heavy (non-hydrogen) atoms. The van der Waals surface area contributed by atoms with E-state index in [1.807, 2.05) is 13.8 Å². The number of aromatic amines is 1. The molecule has 0 atom stereocenters. The Morgan fingerprint density at radius 2 is 2.25 bits per heavy atom. The lowest BCUT2D eigenvalue weighted by Crippen LogP contribution is -2.25. The van der Waals surface area contributed by atoms with Gasteiger partial charge in [0.15, 0.2) is 0 Å². The fourth-order valence-electron chi connectivity index (χ4n) is 1.83. The van der Waals surface area contributed by atoms with Crippen LogP contribution in [-0.2, 0) is 4.79 Å². The van der Waals surface area contributed by atoms with E-state index in [1.165, 1.54) is 6.07 Å². The van der Waals surface area contributed by atoms with Crippen LogP contribution >= 0.6 is 0 Å². The lowest BCUT2D eigenvalue weighted by atomic mass is 10.2. The number of anilines is 1. The summed E-state index contributed by atoms with van der Waals surface area (Å²) in [5, 5.41) is 6.04. The fourth-order valence-corrected chi connectivity index (χ4v) is 1.83. The number of H-pyrrole nitrogens is 1. The third-order valence-corrected chi connectivity index (χ3v) is 3.14. The molecule has 2 rings (SSSR count). The summed E-state index contributed by atoms with van der Waals surface area (Å²) >= 11 is 0. The summed E-state index contributed by atoms with van der Waals surface area (Å²) in [6.45, 7) is 4.58. The molecule has 1 heterocycles. The van der Waals surface area contributed by atoms with Crippen LogP contribution in [0.3, 0.4) is 0 Å². The maximum absolute atomic E-state index is 11.5. The van der Waals surface area contributed by atoms with Gasteiger partial charge in [-0.05, 0) is 19.3 Å². The topological polar surface area (TPSA) is 86.9 Å². The monoisotopic (exact) mass is 278 g/mol. The fraction of sp³-hybridized carbons (Fsp3) is 0.643. The number of hydrogen-bond acceptors (Lipinski definition) is 4. The average Bonchev–Trinajstić information content (AvgIpc) is 3.18. The van der Waals surface area contributed by atoms with Crippen molar-refractivity contribution in [1.29, 1.82) is 0 Å². The lowest BCUT2D eigenvalue weighted by Gasteiger charge is -2.09. The second kappa shape index (κ2) is 6.54. The molecule has 6 nitrogen and oxygen atoms in total. The Morgan fingerprint density at radius 1 is 1.50 bits per heavy atom. The summed E-state index contributed by atoms with van der Waals surface area (Å²) in [5.74, 6) is 1.52. The maximum Gasteiger partial charge on any atom is 0.252 e. The number of rotatable bonds is 7. The molecule has 0 bridgehead atoms. The van der Waals surface area contributed by atoms with Crippen molar-refractivity contribution >= 4 is 11.7 Å². The molecule has 1 fully saturated rings. The molecule has 1 aliphatic rings. The first-order chi connectivity index (χ1) is 9.54. The molecule has 0 aromatic carbocycles. The van der Waals surface area contributed by atoms with Gasteiger partial charge in [-0.2, -0.15) is 0 Å². The van der Waals surface area contributed by atoms with Gasteiger partial charge >= 0.3 is 0 Å². The molecule has 0 aliphatic heterocycles. The first-order valence-corrected chi connectivity index (χ1v) is 7.19. The van der Waals surface area contributed by atoms with Crippen molar-refractivity contribution in [2.75, 3.05) is 11.9 Å². The Balaban J connectivity index is 1.75. The van der Waals surface area contributed by atoms with Gasteiger partial charge in [0, 0.05) is 31.0 Å². The SMILES string of the molecule is CC(C)c1nc(NCCCC(=O)NC2CC2)cc(=O)[nH]1. The van der Waals surface area contributed by atoms with E-state index in [9.17, 15) is 9.59 Å². The summed E-state index contributed by atoms with van der Waals surface area (Å²) in [6.07, 6.45) is 3.45. The van der Waals surface area contributed by atoms with Gasteiger partial charge in [-0.3, -0.25) is 9.59 Å². The highest BCUT2D eigenvalue weighted by atomic mass is 16.1. The molecule has 3 N–H and O–H groups in total.